The minimum Gasteiger partial charge on any atom is -0.347 e. The smallest absolute Gasteiger partial charge is 0.242 e. The van der Waals surface area contributed by atoms with Crippen LogP contribution in [-0.2, 0) is 21.5 Å². The van der Waals surface area contributed by atoms with Gasteiger partial charge in [-0.25, -0.2) is 0 Å². The van der Waals surface area contributed by atoms with Crippen LogP contribution in [0.2, 0.25) is 0 Å². The van der Waals surface area contributed by atoms with Gasteiger partial charge in [-0.1, -0.05) is 20.8 Å². The van der Waals surface area contributed by atoms with Gasteiger partial charge in [0.25, 0.3) is 0 Å². The lowest BCUT2D eigenvalue weighted by Gasteiger charge is -2.23. The topological polar surface area (TPSA) is 54.3 Å². The number of aromatic nitrogens is 1. The molecule has 5 heteroatoms. The van der Waals surface area contributed by atoms with Crippen LogP contribution in [0.25, 0.3) is 10.9 Å². The van der Waals surface area contributed by atoms with Crippen LogP contribution in [0.3, 0.4) is 0 Å². The lowest BCUT2D eigenvalue weighted by Crippen LogP contribution is -2.28. The summed E-state index contributed by atoms with van der Waals surface area (Å²) in [5.41, 5.74) is 2.87. The highest BCUT2D eigenvalue weighted by Crippen LogP contribution is 2.33. The van der Waals surface area contributed by atoms with Crippen molar-refractivity contribution in [1.29, 1.82) is 0 Å². The number of fused-ring (bicyclic) bond motifs is 1. The fourth-order valence-electron chi connectivity index (χ4n) is 3.01. The van der Waals surface area contributed by atoms with Crippen molar-refractivity contribution in [2.24, 2.45) is 5.92 Å². The number of amides is 2. The molecular formula is C20H27N3O2. The molecule has 1 heterocycles. The van der Waals surface area contributed by atoms with E-state index in [-0.39, 0.29) is 23.1 Å². The van der Waals surface area contributed by atoms with Gasteiger partial charge in [0.05, 0.1) is 0 Å². The molecule has 1 fully saturated rings. The lowest BCUT2D eigenvalue weighted by atomic mass is 9.92. The van der Waals surface area contributed by atoms with Gasteiger partial charge in [0.2, 0.25) is 11.8 Å². The Labute approximate surface area is 149 Å². The third-order valence-corrected chi connectivity index (χ3v) is 4.68. The van der Waals surface area contributed by atoms with Gasteiger partial charge in [0.15, 0.2) is 0 Å². The molecule has 1 aliphatic carbocycles. The first-order valence-corrected chi connectivity index (χ1v) is 8.81. The van der Waals surface area contributed by atoms with Crippen LogP contribution in [0.5, 0.6) is 0 Å². The Bertz CT molecular complexity index is 823. The van der Waals surface area contributed by atoms with Crippen molar-refractivity contribution < 1.29 is 9.59 Å². The Hall–Kier alpha value is -2.30. The fraction of sp³-hybridized carbons (Fsp3) is 0.500. The van der Waals surface area contributed by atoms with E-state index < -0.39 is 0 Å². The fourth-order valence-corrected chi connectivity index (χ4v) is 3.01. The highest BCUT2D eigenvalue weighted by atomic mass is 16.2. The first-order valence-electron chi connectivity index (χ1n) is 8.81. The molecular weight excluding hydrogens is 314 g/mol. The van der Waals surface area contributed by atoms with Gasteiger partial charge in [-0.15, -0.1) is 0 Å². The van der Waals surface area contributed by atoms with Gasteiger partial charge in [-0.3, -0.25) is 9.59 Å². The van der Waals surface area contributed by atoms with Crippen molar-refractivity contribution in [3.63, 3.8) is 0 Å². The predicted molar refractivity (Wildman–Crippen MR) is 101 cm³/mol. The summed E-state index contributed by atoms with van der Waals surface area (Å²) < 4.78 is 2.09. The first kappa shape index (κ1) is 17.5. The van der Waals surface area contributed by atoms with Crippen molar-refractivity contribution in [3.8, 4) is 0 Å². The van der Waals surface area contributed by atoms with Gasteiger partial charge in [-0.05, 0) is 37.1 Å². The largest absolute Gasteiger partial charge is 0.347 e. The number of carbonyl (C=O) groups is 2. The standard InChI is InChI=1S/C20H27N3O2/c1-20(2,3)17-11-14-10-15(21-19(25)13-6-7-13)8-9-16(14)23(17)12-18(24)22(4)5/h8-11,13H,6-7,12H2,1-5H3,(H,21,25). The summed E-state index contributed by atoms with van der Waals surface area (Å²) in [7, 11) is 3.55. The Morgan fingerprint density at radius 1 is 1.20 bits per heavy atom. The number of nitrogens with zero attached hydrogens (tertiary/aromatic N) is 2. The molecule has 0 bridgehead atoms. The second kappa shape index (κ2) is 6.21. The van der Waals surface area contributed by atoms with Gasteiger partial charge in [-0.2, -0.15) is 0 Å². The summed E-state index contributed by atoms with van der Waals surface area (Å²) in [6.45, 7) is 6.76. The molecule has 0 unspecified atom stereocenters. The molecule has 5 nitrogen and oxygen atoms in total. The zero-order chi connectivity index (χ0) is 18.4. The third kappa shape index (κ3) is 3.70. The van der Waals surface area contributed by atoms with Gasteiger partial charge in [0.1, 0.15) is 6.54 Å². The lowest BCUT2D eigenvalue weighted by molar-refractivity contribution is -0.129. The van der Waals surface area contributed by atoms with E-state index in [9.17, 15) is 9.59 Å². The van der Waals surface area contributed by atoms with E-state index in [1.165, 1.54) is 0 Å². The first-order chi connectivity index (χ1) is 11.7. The maximum absolute atomic E-state index is 12.3. The SMILES string of the molecule is CN(C)C(=O)Cn1c(C(C)(C)C)cc2cc(NC(=O)C3CC3)ccc21. The summed E-state index contributed by atoms with van der Waals surface area (Å²) in [5, 5.41) is 4.05. The van der Waals surface area contributed by atoms with Crippen molar-refractivity contribution in [2.45, 2.75) is 45.6 Å². The molecule has 0 spiro atoms. The predicted octanol–water partition coefficient (Wildman–Crippen LogP) is 3.38. The van der Waals surface area contributed by atoms with Crippen molar-refractivity contribution >= 4 is 28.4 Å². The Morgan fingerprint density at radius 2 is 1.88 bits per heavy atom. The number of hydrogen-bond donors (Lipinski definition) is 1. The molecule has 2 amide bonds. The Kier molecular flexibility index (Phi) is 4.35. The minimum absolute atomic E-state index is 0.0640. The summed E-state index contributed by atoms with van der Waals surface area (Å²) in [6, 6.07) is 8.05. The normalized spacial score (nSPS) is 14.6. The Balaban J connectivity index is 2.00. The molecule has 0 atom stereocenters. The molecule has 0 radical (unpaired) electrons. The summed E-state index contributed by atoms with van der Waals surface area (Å²) in [5.74, 6) is 0.356. The van der Waals surface area contributed by atoms with E-state index >= 15 is 0 Å². The molecule has 1 aromatic heterocycles. The van der Waals surface area contributed by atoms with Crippen molar-refractivity contribution in [1.82, 2.24) is 9.47 Å². The van der Waals surface area contributed by atoms with Crippen LogP contribution in [0.1, 0.15) is 39.3 Å². The molecule has 25 heavy (non-hydrogen) atoms. The van der Waals surface area contributed by atoms with Gasteiger partial charge >= 0.3 is 0 Å². The third-order valence-electron chi connectivity index (χ3n) is 4.68. The summed E-state index contributed by atoms with van der Waals surface area (Å²) in [6.07, 6.45) is 1.98. The van der Waals surface area contributed by atoms with Gasteiger partial charge in [0, 0.05) is 47.7 Å². The van der Waals surface area contributed by atoms with Crippen LogP contribution in [-0.4, -0.2) is 35.4 Å². The zero-order valence-corrected chi connectivity index (χ0v) is 15.7. The molecule has 134 valence electrons. The molecule has 1 aromatic carbocycles. The number of nitrogens with one attached hydrogen (secondary N) is 1. The number of hydrogen-bond acceptors (Lipinski definition) is 2. The van der Waals surface area contributed by atoms with Crippen LogP contribution in [0.4, 0.5) is 5.69 Å². The van der Waals surface area contributed by atoms with E-state index in [2.05, 4.69) is 36.7 Å². The van der Waals surface area contributed by atoms with E-state index in [1.54, 1.807) is 19.0 Å². The molecule has 0 aliphatic heterocycles. The quantitative estimate of drug-likeness (QED) is 0.927. The highest BCUT2D eigenvalue weighted by molar-refractivity contribution is 5.96. The number of rotatable bonds is 4. The highest BCUT2D eigenvalue weighted by Gasteiger charge is 2.29. The van der Waals surface area contributed by atoms with E-state index in [4.69, 9.17) is 0 Å². The monoisotopic (exact) mass is 341 g/mol. The van der Waals surface area contributed by atoms with Crippen LogP contribution in [0, 0.1) is 5.92 Å². The Morgan fingerprint density at radius 3 is 2.44 bits per heavy atom. The molecule has 3 rings (SSSR count). The average Bonchev–Trinajstić information content (AvgIpc) is 3.29. The van der Waals surface area contributed by atoms with Crippen molar-refractivity contribution in [3.05, 3.63) is 30.0 Å². The van der Waals surface area contributed by atoms with Crippen molar-refractivity contribution in [2.75, 3.05) is 19.4 Å². The average molecular weight is 341 g/mol. The number of anilines is 1. The second-order valence-electron chi connectivity index (χ2n) is 8.19. The van der Waals surface area contributed by atoms with E-state index in [1.807, 2.05) is 18.2 Å². The molecule has 1 saturated carbocycles. The van der Waals surface area contributed by atoms with E-state index in [0.29, 0.717) is 6.54 Å². The summed E-state index contributed by atoms with van der Waals surface area (Å²) >= 11 is 0. The molecule has 1 N–H and O–H groups in total. The number of likely N-dealkylation sites (N-methyl/N-ethyl adjacent to an activating group) is 1. The maximum atomic E-state index is 12.3. The van der Waals surface area contributed by atoms with Crippen LogP contribution in [0.15, 0.2) is 24.3 Å². The van der Waals surface area contributed by atoms with Gasteiger partial charge < -0.3 is 14.8 Å². The maximum Gasteiger partial charge on any atom is 0.242 e. The minimum atomic E-state index is -0.0803. The zero-order valence-electron chi connectivity index (χ0n) is 15.7. The van der Waals surface area contributed by atoms with Crippen LogP contribution >= 0.6 is 0 Å². The molecule has 2 aromatic rings. The summed E-state index contributed by atoms with van der Waals surface area (Å²) in [4.78, 5) is 25.9. The van der Waals surface area contributed by atoms with E-state index in [0.717, 1.165) is 35.1 Å². The second-order valence-corrected chi connectivity index (χ2v) is 8.19. The molecule has 0 saturated heterocycles. The molecule has 1 aliphatic rings. The number of carbonyl (C=O) groups excluding carboxylic acids is 2. The van der Waals surface area contributed by atoms with Crippen LogP contribution < -0.4 is 5.32 Å². The number of benzene rings is 1.